The molecule has 1 aliphatic heterocycles. The van der Waals surface area contributed by atoms with Crippen LogP contribution in [-0.2, 0) is 18.4 Å². The molecule has 126 valence electrons. The summed E-state index contributed by atoms with van der Waals surface area (Å²) in [7, 11) is 3.55. The van der Waals surface area contributed by atoms with Crippen molar-refractivity contribution < 1.29 is 4.74 Å². The molecule has 4 rings (SSSR count). The Morgan fingerprint density at radius 3 is 2.75 bits per heavy atom. The third-order valence-corrected chi connectivity index (χ3v) is 4.90. The Bertz CT molecular complexity index is 838. The first-order valence-electron chi connectivity index (χ1n) is 7.70. The highest BCUT2D eigenvalue weighted by molar-refractivity contribution is 7.09. The van der Waals surface area contributed by atoms with Gasteiger partial charge in [-0.25, -0.2) is 15.0 Å². The molecule has 0 atom stereocenters. The molecule has 4 heterocycles. The number of hydrogen-bond acceptors (Lipinski definition) is 9. The van der Waals surface area contributed by atoms with Crippen LogP contribution in [0.5, 0.6) is 0 Å². The minimum Gasteiger partial charge on any atom is -0.377 e. The molecule has 1 fully saturated rings. The van der Waals surface area contributed by atoms with E-state index in [1.165, 1.54) is 11.5 Å². The smallest absolute Gasteiger partial charge is 0.205 e. The fourth-order valence-electron chi connectivity index (χ4n) is 2.87. The quantitative estimate of drug-likeness (QED) is 0.682. The highest BCUT2D eigenvalue weighted by Crippen LogP contribution is 2.25. The van der Waals surface area contributed by atoms with E-state index in [0.717, 1.165) is 54.0 Å². The normalized spacial score (nSPS) is 15.4. The van der Waals surface area contributed by atoms with Gasteiger partial charge in [0.25, 0.3) is 0 Å². The van der Waals surface area contributed by atoms with E-state index in [-0.39, 0.29) is 0 Å². The van der Waals surface area contributed by atoms with E-state index in [1.807, 2.05) is 13.2 Å². The third kappa shape index (κ3) is 2.67. The zero-order valence-electron chi connectivity index (χ0n) is 13.6. The SMILES string of the molecule is COCc1nsc(N2CCN(c3ncnc4c3cnn4C)CC2)n1. The van der Waals surface area contributed by atoms with Crippen LogP contribution < -0.4 is 9.80 Å². The van der Waals surface area contributed by atoms with E-state index in [0.29, 0.717) is 6.61 Å². The topological polar surface area (TPSA) is 85.1 Å². The van der Waals surface area contributed by atoms with Gasteiger partial charge in [-0.3, -0.25) is 4.68 Å². The Morgan fingerprint density at radius 2 is 1.96 bits per heavy atom. The summed E-state index contributed by atoms with van der Waals surface area (Å²) in [5, 5.41) is 6.23. The van der Waals surface area contributed by atoms with Gasteiger partial charge in [-0.05, 0) is 0 Å². The number of fused-ring (bicyclic) bond motifs is 1. The summed E-state index contributed by atoms with van der Waals surface area (Å²) in [5.41, 5.74) is 0.857. The molecule has 1 saturated heterocycles. The maximum atomic E-state index is 5.08. The van der Waals surface area contributed by atoms with Gasteiger partial charge < -0.3 is 14.5 Å². The first-order chi connectivity index (χ1) is 11.8. The van der Waals surface area contributed by atoms with Gasteiger partial charge in [0.2, 0.25) is 5.13 Å². The zero-order chi connectivity index (χ0) is 16.5. The Kier molecular flexibility index (Phi) is 3.98. The van der Waals surface area contributed by atoms with Crippen molar-refractivity contribution >= 4 is 33.5 Å². The number of aryl methyl sites for hydroxylation is 1. The monoisotopic (exact) mass is 346 g/mol. The zero-order valence-corrected chi connectivity index (χ0v) is 14.4. The third-order valence-electron chi connectivity index (χ3n) is 4.09. The van der Waals surface area contributed by atoms with Gasteiger partial charge in [0, 0.05) is 51.9 Å². The van der Waals surface area contributed by atoms with Crippen molar-refractivity contribution in [3.63, 3.8) is 0 Å². The summed E-state index contributed by atoms with van der Waals surface area (Å²) in [6.07, 6.45) is 3.44. The van der Waals surface area contributed by atoms with E-state index >= 15 is 0 Å². The van der Waals surface area contributed by atoms with E-state index in [2.05, 4.69) is 34.2 Å². The Balaban J connectivity index is 1.49. The minimum atomic E-state index is 0.455. The first kappa shape index (κ1) is 15.2. The van der Waals surface area contributed by atoms with Gasteiger partial charge in [0.05, 0.1) is 11.6 Å². The van der Waals surface area contributed by atoms with E-state index < -0.39 is 0 Å². The van der Waals surface area contributed by atoms with Crippen LogP contribution in [0.25, 0.3) is 11.0 Å². The molecule has 0 aromatic carbocycles. The summed E-state index contributed by atoms with van der Waals surface area (Å²) in [6.45, 7) is 3.97. The molecule has 0 N–H and O–H groups in total. The van der Waals surface area contributed by atoms with Gasteiger partial charge >= 0.3 is 0 Å². The predicted octanol–water partition coefficient (Wildman–Crippen LogP) is 0.688. The molecule has 10 heteroatoms. The summed E-state index contributed by atoms with van der Waals surface area (Å²) in [6, 6.07) is 0. The fourth-order valence-corrected chi connectivity index (χ4v) is 3.60. The number of hydrogen-bond donors (Lipinski definition) is 0. The largest absolute Gasteiger partial charge is 0.377 e. The second kappa shape index (κ2) is 6.29. The van der Waals surface area contributed by atoms with Gasteiger partial charge in [0.15, 0.2) is 11.5 Å². The summed E-state index contributed by atoms with van der Waals surface area (Å²) >= 11 is 1.43. The van der Waals surface area contributed by atoms with Crippen LogP contribution in [0, 0.1) is 0 Å². The molecule has 1 aliphatic rings. The second-order valence-electron chi connectivity index (χ2n) is 5.60. The lowest BCUT2D eigenvalue weighted by Gasteiger charge is -2.35. The lowest BCUT2D eigenvalue weighted by molar-refractivity contribution is 0.179. The Hall–Kier alpha value is -2.33. The Labute approximate surface area is 143 Å². The molecule has 0 bridgehead atoms. The van der Waals surface area contributed by atoms with E-state index in [9.17, 15) is 0 Å². The average Bonchev–Trinajstić information content (AvgIpc) is 3.23. The number of methoxy groups -OCH3 is 1. The van der Waals surface area contributed by atoms with Crippen molar-refractivity contribution in [3.05, 3.63) is 18.3 Å². The van der Waals surface area contributed by atoms with Crippen LogP contribution in [0.4, 0.5) is 10.9 Å². The van der Waals surface area contributed by atoms with Crippen LogP contribution in [-0.4, -0.2) is 62.4 Å². The molecule has 0 amide bonds. The molecule has 24 heavy (non-hydrogen) atoms. The highest BCUT2D eigenvalue weighted by Gasteiger charge is 2.23. The lowest BCUT2D eigenvalue weighted by Crippen LogP contribution is -2.46. The standard InChI is InChI=1S/C14H18N8OS/c1-20-12-10(7-17-20)13(16-9-15-12)21-3-5-22(6-4-21)14-18-11(8-23-2)19-24-14/h7,9H,3-6,8H2,1-2H3. The molecule has 0 saturated carbocycles. The number of rotatable bonds is 4. The average molecular weight is 346 g/mol. The summed E-state index contributed by atoms with van der Waals surface area (Å²) in [4.78, 5) is 17.8. The van der Waals surface area contributed by atoms with Crippen molar-refractivity contribution in [2.24, 2.45) is 7.05 Å². The highest BCUT2D eigenvalue weighted by atomic mass is 32.1. The van der Waals surface area contributed by atoms with Gasteiger partial charge in [-0.15, -0.1) is 0 Å². The molecule has 0 unspecified atom stereocenters. The first-order valence-corrected chi connectivity index (χ1v) is 8.47. The van der Waals surface area contributed by atoms with Crippen LogP contribution in [0.15, 0.2) is 12.5 Å². The van der Waals surface area contributed by atoms with Crippen molar-refractivity contribution in [2.45, 2.75) is 6.61 Å². The van der Waals surface area contributed by atoms with Crippen LogP contribution in [0.1, 0.15) is 5.82 Å². The number of ether oxygens (including phenoxy) is 1. The maximum absolute atomic E-state index is 5.08. The number of nitrogens with zero attached hydrogens (tertiary/aromatic N) is 8. The van der Waals surface area contributed by atoms with Crippen molar-refractivity contribution in [3.8, 4) is 0 Å². The fraction of sp³-hybridized carbons (Fsp3) is 0.500. The van der Waals surface area contributed by atoms with Crippen molar-refractivity contribution in [1.82, 2.24) is 29.1 Å². The molecule has 0 aliphatic carbocycles. The van der Waals surface area contributed by atoms with Gasteiger partial charge in [-0.2, -0.15) is 9.47 Å². The molecular formula is C14H18N8OS. The minimum absolute atomic E-state index is 0.455. The van der Waals surface area contributed by atoms with Crippen molar-refractivity contribution in [2.75, 3.05) is 43.1 Å². The molecule has 0 radical (unpaired) electrons. The van der Waals surface area contributed by atoms with E-state index in [4.69, 9.17) is 4.74 Å². The predicted molar refractivity (Wildman–Crippen MR) is 91.4 cm³/mol. The molecule has 9 nitrogen and oxygen atoms in total. The van der Waals surface area contributed by atoms with Crippen molar-refractivity contribution in [1.29, 1.82) is 0 Å². The number of anilines is 2. The van der Waals surface area contributed by atoms with Gasteiger partial charge in [0.1, 0.15) is 18.8 Å². The number of aromatic nitrogens is 6. The van der Waals surface area contributed by atoms with Crippen LogP contribution in [0.3, 0.4) is 0 Å². The Morgan fingerprint density at radius 1 is 1.17 bits per heavy atom. The lowest BCUT2D eigenvalue weighted by atomic mass is 10.3. The number of piperazine rings is 1. The molecule has 3 aromatic rings. The summed E-state index contributed by atoms with van der Waals surface area (Å²) < 4.78 is 11.2. The summed E-state index contributed by atoms with van der Waals surface area (Å²) in [5.74, 6) is 1.69. The molecule has 0 spiro atoms. The second-order valence-corrected chi connectivity index (χ2v) is 6.33. The van der Waals surface area contributed by atoms with E-state index in [1.54, 1.807) is 18.1 Å². The molecular weight excluding hydrogens is 328 g/mol. The maximum Gasteiger partial charge on any atom is 0.205 e. The van der Waals surface area contributed by atoms with Gasteiger partial charge in [-0.1, -0.05) is 0 Å². The van der Waals surface area contributed by atoms with Crippen LogP contribution in [0.2, 0.25) is 0 Å². The van der Waals surface area contributed by atoms with Crippen LogP contribution >= 0.6 is 11.5 Å². The molecule has 3 aromatic heterocycles.